The lowest BCUT2D eigenvalue weighted by atomic mass is 9.90. The summed E-state index contributed by atoms with van der Waals surface area (Å²) in [7, 11) is 2.78. The lowest BCUT2D eigenvalue weighted by Crippen LogP contribution is -2.54. The second kappa shape index (κ2) is 17.4. The Hall–Kier alpha value is -6.16. The van der Waals surface area contributed by atoms with E-state index in [4.69, 9.17) is 24.2 Å². The maximum atomic E-state index is 14.4. The number of rotatable bonds is 10. The molecular weight excluding hydrogens is 817 g/mol. The number of amides is 4. The molecule has 16 nitrogen and oxygen atoms in total. The number of likely N-dealkylation sites (N-methyl/N-ethyl adjacent to an activating group) is 1. The molecule has 4 N–H and O–H groups in total. The first-order valence-corrected chi connectivity index (χ1v) is 22.7. The van der Waals surface area contributed by atoms with E-state index in [1.165, 1.54) is 14.2 Å². The number of aromatic nitrogens is 4. The second-order valence-corrected chi connectivity index (χ2v) is 18.2. The molecule has 3 saturated heterocycles. The van der Waals surface area contributed by atoms with Gasteiger partial charge in [-0.15, -0.1) is 0 Å². The number of alkyl carbamates (subject to hydrolysis) is 1. The summed E-state index contributed by atoms with van der Waals surface area (Å²) in [4.78, 5) is 74.8. The Morgan fingerprint density at radius 3 is 2.34 bits per heavy atom. The molecule has 0 unspecified atom stereocenters. The van der Waals surface area contributed by atoms with Crippen LogP contribution in [0.25, 0.3) is 44.2 Å². The topological polar surface area (TPSA) is 195 Å². The summed E-state index contributed by atoms with van der Waals surface area (Å²) < 4.78 is 17.0. The Morgan fingerprint density at radius 2 is 1.64 bits per heavy atom. The number of carbonyl (C=O) groups is 4. The Kier molecular flexibility index (Phi) is 11.7. The number of imidazole rings is 2. The molecule has 6 heterocycles. The molecule has 0 aliphatic carbocycles. The van der Waals surface area contributed by atoms with Crippen molar-refractivity contribution < 1.29 is 38.5 Å². The van der Waals surface area contributed by atoms with E-state index in [0.717, 1.165) is 86.1 Å². The quantitative estimate of drug-likeness (QED) is 0.107. The van der Waals surface area contributed by atoms with Gasteiger partial charge in [-0.25, -0.2) is 19.6 Å². The first-order valence-electron chi connectivity index (χ1n) is 22.7. The van der Waals surface area contributed by atoms with Gasteiger partial charge in [-0.1, -0.05) is 38.5 Å². The Balaban J connectivity index is 0.968. The molecule has 0 radical (unpaired) electrons. The number of hydrogen-bond acceptors (Lipinski definition) is 9. The number of fused-ring (bicyclic) bond motifs is 6. The number of hydrogen-bond donors (Lipinski definition) is 4. The third kappa shape index (κ3) is 7.68. The van der Waals surface area contributed by atoms with Gasteiger partial charge < -0.3 is 44.4 Å². The Morgan fingerprint density at radius 1 is 0.922 bits per heavy atom. The third-order valence-electron chi connectivity index (χ3n) is 14.4. The fraction of sp³-hybridized carbons (Fsp3) is 0.500. The maximum Gasteiger partial charge on any atom is 0.407 e. The smallest absolute Gasteiger partial charge is 0.407 e. The van der Waals surface area contributed by atoms with Crippen molar-refractivity contribution >= 4 is 45.8 Å². The van der Waals surface area contributed by atoms with Gasteiger partial charge in [0.25, 0.3) is 0 Å². The van der Waals surface area contributed by atoms with E-state index in [9.17, 15) is 24.3 Å². The Bertz CT molecular complexity index is 2600. The summed E-state index contributed by atoms with van der Waals surface area (Å²) in [5.41, 5.74) is 6.53. The van der Waals surface area contributed by atoms with E-state index in [2.05, 4.69) is 58.6 Å². The highest BCUT2D eigenvalue weighted by molar-refractivity contribution is 6.07. The molecule has 4 aliphatic heterocycles. The molecule has 7 atom stereocenters. The van der Waals surface area contributed by atoms with Crippen molar-refractivity contribution in [2.45, 2.75) is 115 Å². The predicted molar refractivity (Wildman–Crippen MR) is 239 cm³/mol. The average Bonchev–Trinajstić information content (AvgIpc) is 4.13. The van der Waals surface area contributed by atoms with Crippen LogP contribution in [0.3, 0.4) is 0 Å². The first-order chi connectivity index (χ1) is 30.9. The minimum absolute atomic E-state index is 0.0421. The molecule has 4 amide bonds. The molecular formula is C48H58N8O8. The van der Waals surface area contributed by atoms with E-state index in [0.29, 0.717) is 50.7 Å². The van der Waals surface area contributed by atoms with Crippen LogP contribution >= 0.6 is 0 Å². The largest absolute Gasteiger partial charge is 0.488 e. The summed E-state index contributed by atoms with van der Waals surface area (Å²) in [6.45, 7) is 9.42. The van der Waals surface area contributed by atoms with E-state index in [1.807, 2.05) is 36.6 Å². The molecule has 9 rings (SSSR count). The zero-order valence-corrected chi connectivity index (χ0v) is 37.3. The van der Waals surface area contributed by atoms with Crippen LogP contribution in [0.1, 0.15) is 102 Å². The summed E-state index contributed by atoms with van der Waals surface area (Å²) in [5, 5.41) is 14.7. The molecule has 64 heavy (non-hydrogen) atoms. The minimum Gasteiger partial charge on any atom is -0.488 e. The SMILES string of the molecule is CC[C@H](C)[C@@H](C(=O)N1[C@@H](C)CC[C@H]1c1ncc(-c2ccc3c(c2)COc2cc4c(ccc5nc([C@@H]6CC[C@H](C)N6C(=O)[C@@H](NC(=O)OC)C6CCOCC6)[nH]c54)cc2-3)[nH]1)N(C)C(=O)O. The first kappa shape index (κ1) is 43.1. The lowest BCUT2D eigenvalue weighted by molar-refractivity contribution is -0.141. The van der Waals surface area contributed by atoms with Crippen LogP contribution in [-0.2, 0) is 25.7 Å². The van der Waals surface area contributed by atoms with Crippen molar-refractivity contribution in [3.8, 4) is 28.1 Å². The van der Waals surface area contributed by atoms with Crippen molar-refractivity contribution in [1.29, 1.82) is 0 Å². The third-order valence-corrected chi connectivity index (χ3v) is 14.4. The van der Waals surface area contributed by atoms with Crippen molar-refractivity contribution in [3.63, 3.8) is 0 Å². The summed E-state index contributed by atoms with van der Waals surface area (Å²) in [5.74, 6) is 1.64. The Labute approximate surface area is 372 Å². The normalized spacial score (nSPS) is 22.4. The van der Waals surface area contributed by atoms with Crippen LogP contribution in [0, 0.1) is 11.8 Å². The van der Waals surface area contributed by atoms with Gasteiger partial charge in [0.1, 0.15) is 36.1 Å². The highest BCUT2D eigenvalue weighted by atomic mass is 16.5. The molecule has 338 valence electrons. The van der Waals surface area contributed by atoms with Gasteiger partial charge >= 0.3 is 12.2 Å². The number of H-pyrrole nitrogens is 2. The maximum absolute atomic E-state index is 14.4. The van der Waals surface area contributed by atoms with Gasteiger partial charge in [0.15, 0.2) is 0 Å². The van der Waals surface area contributed by atoms with Crippen LogP contribution in [-0.4, -0.2) is 115 Å². The molecule has 5 aromatic rings. The van der Waals surface area contributed by atoms with E-state index in [-0.39, 0.29) is 47.8 Å². The van der Waals surface area contributed by atoms with Crippen LogP contribution in [0.5, 0.6) is 5.75 Å². The van der Waals surface area contributed by atoms with Crippen LogP contribution in [0.15, 0.2) is 48.7 Å². The highest BCUT2D eigenvalue weighted by Crippen LogP contribution is 2.44. The van der Waals surface area contributed by atoms with Gasteiger partial charge in [0.2, 0.25) is 11.8 Å². The average molecular weight is 875 g/mol. The second-order valence-electron chi connectivity index (χ2n) is 18.2. The standard InChI is InChI=1S/C48H58N8O8/c1-7-25(2)42(54(5)48(60)61)46(58)56-27(4)8-14-37(56)43-49-23-36(51-43)30-10-12-32-31(20-30)24-64-39-22-33-29(21-34(32)39)11-13-35-41(33)52-44(50-35)38-15-9-26(3)55(38)45(57)40(53-47(59)62-6)28-16-18-63-19-17-28/h10-13,20-23,25-28,37-38,40,42H,7-9,14-19,24H2,1-6H3,(H,49,51)(H,50,52)(H,53,59)(H,60,61)/t25-,26-,27-,37-,38-,40-,42-/m0/s1. The molecule has 0 saturated carbocycles. The molecule has 0 bridgehead atoms. The van der Waals surface area contributed by atoms with Crippen molar-refractivity contribution in [1.82, 2.24) is 40.0 Å². The summed E-state index contributed by atoms with van der Waals surface area (Å²) >= 11 is 0. The number of methoxy groups -OCH3 is 1. The zero-order valence-electron chi connectivity index (χ0n) is 37.3. The summed E-state index contributed by atoms with van der Waals surface area (Å²) in [6.07, 6.45) is 5.15. The molecule has 3 aromatic carbocycles. The van der Waals surface area contributed by atoms with E-state index >= 15 is 0 Å². The number of aromatic amines is 2. The fourth-order valence-corrected chi connectivity index (χ4v) is 10.6. The number of nitrogens with zero attached hydrogens (tertiary/aromatic N) is 5. The minimum atomic E-state index is -1.12. The number of carboxylic acid groups (broad SMARTS) is 1. The molecule has 4 aliphatic rings. The lowest BCUT2D eigenvalue weighted by Gasteiger charge is -2.36. The van der Waals surface area contributed by atoms with Crippen LogP contribution in [0.4, 0.5) is 9.59 Å². The number of carbonyl (C=O) groups excluding carboxylic acids is 3. The molecule has 3 fully saturated rings. The van der Waals surface area contributed by atoms with Gasteiger partial charge in [-0.2, -0.15) is 0 Å². The number of likely N-dealkylation sites (tertiary alicyclic amines) is 2. The molecule has 0 spiro atoms. The van der Waals surface area contributed by atoms with Crippen molar-refractivity contribution in [2.75, 3.05) is 27.4 Å². The van der Waals surface area contributed by atoms with Crippen molar-refractivity contribution in [3.05, 3.63) is 65.9 Å². The number of benzene rings is 3. The predicted octanol–water partition coefficient (Wildman–Crippen LogP) is 7.95. The summed E-state index contributed by atoms with van der Waals surface area (Å²) in [6, 6.07) is 12.4. The van der Waals surface area contributed by atoms with Gasteiger partial charge in [-0.3, -0.25) is 14.5 Å². The zero-order chi connectivity index (χ0) is 45.0. The van der Waals surface area contributed by atoms with Crippen LogP contribution in [0.2, 0.25) is 0 Å². The number of nitrogens with one attached hydrogen (secondary N) is 3. The number of ether oxygens (including phenoxy) is 3. The monoisotopic (exact) mass is 874 g/mol. The van der Waals surface area contributed by atoms with E-state index in [1.54, 1.807) is 6.20 Å². The van der Waals surface area contributed by atoms with Gasteiger partial charge in [0.05, 0.1) is 42.1 Å². The van der Waals surface area contributed by atoms with Crippen molar-refractivity contribution in [2.24, 2.45) is 11.8 Å². The van der Waals surface area contributed by atoms with E-state index < -0.39 is 24.3 Å². The highest BCUT2D eigenvalue weighted by Gasteiger charge is 2.45. The van der Waals surface area contributed by atoms with Crippen LogP contribution < -0.4 is 10.1 Å². The van der Waals surface area contributed by atoms with Gasteiger partial charge in [0, 0.05) is 43.3 Å². The fourth-order valence-electron chi connectivity index (χ4n) is 10.6. The van der Waals surface area contributed by atoms with Gasteiger partial charge in [-0.05, 0) is 111 Å². The molecule has 2 aromatic heterocycles. The molecule has 16 heteroatoms.